The monoisotopic (exact) mass is 335 g/mol. The summed E-state index contributed by atoms with van der Waals surface area (Å²) in [7, 11) is 0. The Morgan fingerprint density at radius 2 is 1.20 bits per heavy atom. The first-order valence-corrected chi connectivity index (χ1v) is 5.18. The minimum Gasteiger partial charge on any atom is -0.335 e. The van der Waals surface area contributed by atoms with Gasteiger partial charge in [-0.05, 0) is 0 Å². The van der Waals surface area contributed by atoms with E-state index >= 15 is 0 Å². The second-order valence-corrected chi connectivity index (χ2v) is 2.74. The predicted molar refractivity (Wildman–Crippen MR) is 68.5 cm³/mol. The van der Waals surface area contributed by atoms with E-state index in [0.29, 0.717) is 0 Å². The van der Waals surface area contributed by atoms with Crippen molar-refractivity contribution < 1.29 is 41.3 Å². The van der Waals surface area contributed by atoms with Crippen LogP contribution >= 0.6 is 0 Å². The Bertz CT molecular complexity index is 89.2. The summed E-state index contributed by atoms with van der Waals surface area (Å²) in [6, 6.07) is 0. The van der Waals surface area contributed by atoms with Crippen molar-refractivity contribution in [1.82, 2.24) is 0 Å². The van der Waals surface area contributed by atoms with Crippen molar-refractivity contribution in [2.75, 3.05) is 0 Å². The second-order valence-electron chi connectivity index (χ2n) is 2.74. The first kappa shape index (κ1) is 24.9. The Morgan fingerprint density at radius 1 is 0.867 bits per heavy atom. The van der Waals surface area contributed by atoms with E-state index in [0.717, 1.165) is 6.42 Å². The zero-order chi connectivity index (χ0) is 11.7. The molecule has 0 saturated heterocycles. The predicted octanol–water partition coefficient (Wildman–Crippen LogP) is 5.00. The van der Waals surface area contributed by atoms with Crippen molar-refractivity contribution in [3.8, 4) is 0 Å². The summed E-state index contributed by atoms with van der Waals surface area (Å²) >= 11 is 0. The molecule has 0 unspecified atom stereocenters. The average molecular weight is 335 g/mol. The number of hydrogen-bond donors (Lipinski definition) is 0. The summed E-state index contributed by atoms with van der Waals surface area (Å²) in [6.45, 7) is 12.0. The van der Waals surface area contributed by atoms with Gasteiger partial charge in [-0.15, -0.1) is 6.42 Å². The van der Waals surface area contributed by atoms with Crippen LogP contribution in [0.3, 0.4) is 0 Å². The molecule has 0 aliphatic heterocycles. The van der Waals surface area contributed by atoms with Crippen LogP contribution in [0.2, 0.25) is 0 Å². The minimum absolute atomic E-state index is 0. The molecule has 0 atom stereocenters. The van der Waals surface area contributed by atoms with Gasteiger partial charge in [0.05, 0.1) is 0 Å². The van der Waals surface area contributed by atoms with Gasteiger partial charge in [-0.1, -0.05) is 0 Å². The number of allylic oxidation sites excluding steroid dienone is 4. The molecule has 0 aromatic rings. The van der Waals surface area contributed by atoms with Crippen LogP contribution in [0.15, 0.2) is 18.2 Å². The molecular weight excluding hydrogens is 309 g/mol. The maximum atomic E-state index is 2.99. The van der Waals surface area contributed by atoms with E-state index in [1.54, 1.807) is 0 Å². The largest absolute Gasteiger partial charge is 0.335 e. The maximum absolute atomic E-state index is 2.99. The zero-order valence-corrected chi connectivity index (χ0v) is 15.0. The number of hydrogen-bond acceptors (Lipinski definition) is 0. The zero-order valence-electron chi connectivity index (χ0n) is 11.2. The third-order valence-electron chi connectivity index (χ3n) is 0.586. The van der Waals surface area contributed by atoms with Crippen molar-refractivity contribution in [2.24, 2.45) is 0 Å². The molecule has 0 amide bonds. The first-order chi connectivity index (χ1) is 6.74. The van der Waals surface area contributed by atoms with E-state index in [2.05, 4.69) is 12.2 Å². The summed E-state index contributed by atoms with van der Waals surface area (Å²) in [5.74, 6) is 0. The fourth-order valence-electron chi connectivity index (χ4n) is 0.340. The molecule has 0 aromatic heterocycles. The Balaban J connectivity index is -0.0000000550. The summed E-state index contributed by atoms with van der Waals surface area (Å²) in [5.41, 5.74) is 0. The fraction of sp³-hybridized carbons (Fsp3) is 0.500. The van der Waals surface area contributed by atoms with Crippen LogP contribution in [0.1, 0.15) is 48.0 Å². The Labute approximate surface area is 132 Å². The normalized spacial score (nSPS) is 9.47. The molecule has 1 aliphatic carbocycles. The van der Waals surface area contributed by atoms with E-state index in [1.807, 2.05) is 73.0 Å². The molecule has 0 aromatic carbocycles. The van der Waals surface area contributed by atoms with Crippen LogP contribution in [0.5, 0.6) is 0 Å². The molecule has 0 saturated carbocycles. The molecule has 0 spiro atoms. The van der Waals surface area contributed by atoms with E-state index < -0.39 is 0 Å². The van der Waals surface area contributed by atoms with Crippen molar-refractivity contribution in [2.45, 2.75) is 48.0 Å². The number of rotatable bonds is 0. The molecule has 0 bridgehead atoms. The SMILES string of the molecule is C[CH-]C.C[CH-]C.C[CH-]C.[C-]1=CC=CC1.[Pr]. The van der Waals surface area contributed by atoms with Gasteiger partial charge >= 0.3 is 0 Å². The fourth-order valence-corrected chi connectivity index (χ4v) is 0.340. The van der Waals surface area contributed by atoms with Crippen molar-refractivity contribution in [3.63, 3.8) is 0 Å². The van der Waals surface area contributed by atoms with Crippen LogP contribution in [0.25, 0.3) is 0 Å². The molecule has 0 heterocycles. The summed E-state index contributed by atoms with van der Waals surface area (Å²) in [4.78, 5) is 0. The smallest absolute Gasteiger partial charge is 0 e. The van der Waals surface area contributed by atoms with Crippen LogP contribution in [-0.4, -0.2) is 0 Å². The third-order valence-corrected chi connectivity index (χ3v) is 0.586. The minimum atomic E-state index is 0. The molecule has 1 heteroatoms. The quantitative estimate of drug-likeness (QED) is 0.547. The summed E-state index contributed by atoms with van der Waals surface area (Å²) in [6.07, 6.45) is 16.0. The van der Waals surface area contributed by atoms with Crippen molar-refractivity contribution in [3.05, 3.63) is 43.6 Å². The maximum Gasteiger partial charge on any atom is 0 e. The molecule has 1 radical (unpaired) electrons. The van der Waals surface area contributed by atoms with Gasteiger partial charge in [0.2, 0.25) is 0 Å². The topological polar surface area (TPSA) is 0 Å². The van der Waals surface area contributed by atoms with Gasteiger partial charge in [0, 0.05) is 41.3 Å². The third kappa shape index (κ3) is 71.7. The molecule has 0 N–H and O–H groups in total. The summed E-state index contributed by atoms with van der Waals surface area (Å²) < 4.78 is 0. The van der Waals surface area contributed by atoms with Gasteiger partial charge in [-0.3, -0.25) is 6.08 Å². The van der Waals surface area contributed by atoms with Crippen LogP contribution in [-0.2, 0) is 0 Å². The van der Waals surface area contributed by atoms with Crippen LogP contribution in [0.4, 0.5) is 0 Å². The Hall–Kier alpha value is 0.844. The van der Waals surface area contributed by atoms with Gasteiger partial charge in [0.1, 0.15) is 0 Å². The standard InChI is InChI=1S/C5H5.3C3H7.Pr/c1-2-4-5-3-1;3*1-3-2;/h1-3H,4H2;3*3H,1-2H3;/q4*-1;. The molecule has 0 fully saturated rings. The Kier molecular flexibility index (Phi) is 60.3. The van der Waals surface area contributed by atoms with E-state index in [-0.39, 0.29) is 41.3 Å². The van der Waals surface area contributed by atoms with E-state index in [4.69, 9.17) is 0 Å². The molecule has 15 heavy (non-hydrogen) atoms. The van der Waals surface area contributed by atoms with Crippen LogP contribution in [0, 0.1) is 66.6 Å². The van der Waals surface area contributed by atoms with Crippen molar-refractivity contribution in [1.29, 1.82) is 0 Å². The van der Waals surface area contributed by atoms with Gasteiger partial charge in [0.25, 0.3) is 0 Å². The van der Waals surface area contributed by atoms with Gasteiger partial charge in [-0.2, -0.15) is 47.6 Å². The van der Waals surface area contributed by atoms with E-state index in [1.165, 1.54) is 0 Å². The van der Waals surface area contributed by atoms with Gasteiger partial charge < -0.3 is 19.3 Å². The molecule has 89 valence electrons. The van der Waals surface area contributed by atoms with Gasteiger partial charge in [0.15, 0.2) is 0 Å². The van der Waals surface area contributed by atoms with Gasteiger partial charge in [-0.25, -0.2) is 12.2 Å². The first-order valence-electron chi connectivity index (χ1n) is 5.18. The molecule has 1 aliphatic rings. The summed E-state index contributed by atoms with van der Waals surface area (Å²) in [5, 5.41) is 0. The van der Waals surface area contributed by atoms with Crippen molar-refractivity contribution >= 4 is 0 Å². The second kappa shape index (κ2) is 36.4. The molecular formula is C14H26Pr-4. The Morgan fingerprint density at radius 3 is 1.27 bits per heavy atom. The molecule has 0 nitrogen and oxygen atoms in total. The molecule has 1 rings (SSSR count). The average Bonchev–Trinajstić information content (AvgIpc) is 2.63. The van der Waals surface area contributed by atoms with E-state index in [9.17, 15) is 0 Å². The van der Waals surface area contributed by atoms with Crippen LogP contribution < -0.4 is 0 Å².